The van der Waals surface area contributed by atoms with Crippen LogP contribution in [0.3, 0.4) is 0 Å². The summed E-state index contributed by atoms with van der Waals surface area (Å²) in [6, 6.07) is 11.3. The fourth-order valence-electron chi connectivity index (χ4n) is 5.13. The van der Waals surface area contributed by atoms with Crippen molar-refractivity contribution in [3.05, 3.63) is 70.5 Å². The van der Waals surface area contributed by atoms with Crippen molar-refractivity contribution in [3.8, 4) is 0 Å². The van der Waals surface area contributed by atoms with Crippen LogP contribution in [0.5, 0.6) is 0 Å². The molecule has 0 aliphatic carbocycles. The summed E-state index contributed by atoms with van der Waals surface area (Å²) in [6.07, 6.45) is 0.135. The van der Waals surface area contributed by atoms with Crippen molar-refractivity contribution < 1.29 is 33.0 Å². The van der Waals surface area contributed by atoms with Gasteiger partial charge >= 0.3 is 12.1 Å². The van der Waals surface area contributed by atoms with Crippen LogP contribution >= 0.6 is 0 Å². The molecule has 2 aliphatic heterocycles. The van der Waals surface area contributed by atoms with Crippen LogP contribution in [0.25, 0.3) is 0 Å². The first-order valence-corrected chi connectivity index (χ1v) is 13.6. The fourth-order valence-corrected chi connectivity index (χ4v) is 5.13. The lowest BCUT2D eigenvalue weighted by molar-refractivity contribution is -0.162. The Bertz CT molecular complexity index is 1290. The molecular formula is C31H37FN2O6. The highest BCUT2D eigenvalue weighted by atomic mass is 19.1. The fraction of sp³-hybridized carbons (Fsp3) is 0.484. The number of halogens is 1. The summed E-state index contributed by atoms with van der Waals surface area (Å²) < 4.78 is 27.1. The van der Waals surface area contributed by atoms with Gasteiger partial charge in [-0.2, -0.15) is 0 Å². The van der Waals surface area contributed by atoms with Gasteiger partial charge in [-0.1, -0.05) is 30.3 Å². The Balaban J connectivity index is 1.55. The number of hydrogen-bond acceptors (Lipinski definition) is 6. The highest BCUT2D eigenvalue weighted by Gasteiger charge is 2.40. The van der Waals surface area contributed by atoms with Crippen LogP contribution < -0.4 is 0 Å². The number of esters is 1. The first-order valence-electron chi connectivity index (χ1n) is 13.6. The van der Waals surface area contributed by atoms with Crippen molar-refractivity contribution in [3.63, 3.8) is 0 Å². The molecule has 2 aromatic carbocycles. The van der Waals surface area contributed by atoms with Crippen LogP contribution in [0, 0.1) is 17.7 Å². The van der Waals surface area contributed by atoms with E-state index in [4.69, 9.17) is 9.47 Å². The van der Waals surface area contributed by atoms with Gasteiger partial charge in [0.25, 0.3) is 11.8 Å². The molecule has 0 aromatic heterocycles. The van der Waals surface area contributed by atoms with Gasteiger partial charge in [-0.15, -0.1) is 0 Å². The molecule has 2 aliphatic rings. The topological polar surface area (TPSA) is 93.2 Å². The third-order valence-electron chi connectivity index (χ3n) is 6.96. The number of ether oxygens (including phenoxy) is 2. The molecular weight excluding hydrogens is 515 g/mol. The van der Waals surface area contributed by atoms with Crippen LogP contribution in [0.4, 0.5) is 9.18 Å². The van der Waals surface area contributed by atoms with Crippen LogP contribution in [-0.4, -0.2) is 58.0 Å². The highest BCUT2D eigenvalue weighted by molar-refractivity contribution is 6.21. The van der Waals surface area contributed by atoms with Gasteiger partial charge in [0.1, 0.15) is 17.0 Å². The quantitative estimate of drug-likeness (QED) is 0.353. The lowest BCUT2D eigenvalue weighted by Gasteiger charge is -2.28. The van der Waals surface area contributed by atoms with E-state index in [1.807, 2.05) is 0 Å². The predicted octanol–water partition coefficient (Wildman–Crippen LogP) is 5.38. The molecule has 1 saturated heterocycles. The maximum Gasteiger partial charge on any atom is 0.410 e. The summed E-state index contributed by atoms with van der Waals surface area (Å²) in [5, 5.41) is 0. The van der Waals surface area contributed by atoms with Crippen molar-refractivity contribution in [2.45, 2.75) is 72.1 Å². The van der Waals surface area contributed by atoms with Gasteiger partial charge in [-0.3, -0.25) is 19.3 Å². The Kier molecular flexibility index (Phi) is 8.06. The van der Waals surface area contributed by atoms with E-state index in [1.165, 1.54) is 6.07 Å². The number of likely N-dealkylation sites (tertiary alicyclic amines) is 1. The van der Waals surface area contributed by atoms with Crippen molar-refractivity contribution in [1.29, 1.82) is 0 Å². The van der Waals surface area contributed by atoms with Gasteiger partial charge in [-0.25, -0.2) is 9.18 Å². The van der Waals surface area contributed by atoms with Gasteiger partial charge in [0, 0.05) is 18.7 Å². The van der Waals surface area contributed by atoms with E-state index in [-0.39, 0.29) is 36.6 Å². The second kappa shape index (κ2) is 11.0. The van der Waals surface area contributed by atoms with E-state index in [0.29, 0.717) is 24.1 Å². The minimum Gasteiger partial charge on any atom is -0.460 e. The summed E-state index contributed by atoms with van der Waals surface area (Å²) in [5.74, 6) is -2.95. The summed E-state index contributed by atoms with van der Waals surface area (Å²) in [5.41, 5.74) is -0.347. The number of rotatable bonds is 6. The van der Waals surface area contributed by atoms with Gasteiger partial charge in [0.15, 0.2) is 0 Å². The number of hydrogen-bond donors (Lipinski definition) is 0. The first kappa shape index (κ1) is 29.2. The van der Waals surface area contributed by atoms with Crippen molar-refractivity contribution in [2.75, 3.05) is 13.1 Å². The molecule has 2 atom stereocenters. The molecule has 4 rings (SSSR count). The maximum atomic E-state index is 15.9. The second-order valence-corrected chi connectivity index (χ2v) is 12.5. The highest BCUT2D eigenvalue weighted by Crippen LogP contribution is 2.32. The normalized spacial score (nSPS) is 18.1. The molecule has 2 aromatic rings. The van der Waals surface area contributed by atoms with Gasteiger partial charge in [-0.05, 0) is 78.0 Å². The Morgan fingerprint density at radius 3 is 2.05 bits per heavy atom. The minimum absolute atomic E-state index is 0.0452. The SMILES string of the molecule is CC(C)(C)OC(=O)[C@@H](Cc1cccc(CN2C(=O)c3ccccc3C2=O)c1F)[C@H]1CCN(C(=O)OC(C)(C)C)C1. The average molecular weight is 553 g/mol. The van der Waals surface area contributed by atoms with E-state index in [9.17, 15) is 19.2 Å². The molecule has 2 heterocycles. The summed E-state index contributed by atoms with van der Waals surface area (Å²) >= 11 is 0. The van der Waals surface area contributed by atoms with E-state index in [1.54, 1.807) is 82.8 Å². The molecule has 0 N–H and O–H groups in total. The zero-order valence-electron chi connectivity index (χ0n) is 24.0. The van der Waals surface area contributed by atoms with E-state index < -0.39 is 46.8 Å². The molecule has 0 radical (unpaired) electrons. The number of carbonyl (C=O) groups is 4. The van der Waals surface area contributed by atoms with Gasteiger partial charge in [0.2, 0.25) is 0 Å². The van der Waals surface area contributed by atoms with E-state index in [2.05, 4.69) is 0 Å². The molecule has 40 heavy (non-hydrogen) atoms. The smallest absolute Gasteiger partial charge is 0.410 e. The van der Waals surface area contributed by atoms with Crippen molar-refractivity contribution in [2.24, 2.45) is 11.8 Å². The van der Waals surface area contributed by atoms with Gasteiger partial charge < -0.3 is 14.4 Å². The molecule has 0 spiro atoms. The second-order valence-electron chi connectivity index (χ2n) is 12.5. The lowest BCUT2D eigenvalue weighted by Crippen LogP contribution is -2.38. The predicted molar refractivity (Wildman–Crippen MR) is 146 cm³/mol. The van der Waals surface area contributed by atoms with E-state index in [0.717, 1.165) is 4.90 Å². The van der Waals surface area contributed by atoms with Gasteiger partial charge in [0.05, 0.1) is 23.6 Å². The Labute approximate surface area is 234 Å². The molecule has 1 fully saturated rings. The Morgan fingerprint density at radius 1 is 0.900 bits per heavy atom. The molecule has 0 unspecified atom stereocenters. The zero-order valence-corrected chi connectivity index (χ0v) is 24.0. The molecule has 3 amide bonds. The summed E-state index contributed by atoms with van der Waals surface area (Å²) in [6.45, 7) is 11.2. The largest absolute Gasteiger partial charge is 0.460 e. The van der Waals surface area contributed by atoms with Crippen LogP contribution in [-0.2, 0) is 27.2 Å². The van der Waals surface area contributed by atoms with Crippen LogP contribution in [0.2, 0.25) is 0 Å². The van der Waals surface area contributed by atoms with Crippen LogP contribution in [0.1, 0.15) is 79.8 Å². The summed E-state index contributed by atoms with van der Waals surface area (Å²) in [4.78, 5) is 54.3. The maximum absolute atomic E-state index is 15.9. The molecule has 8 nitrogen and oxygen atoms in total. The number of nitrogens with zero attached hydrogens (tertiary/aromatic N) is 2. The summed E-state index contributed by atoms with van der Waals surface area (Å²) in [7, 11) is 0. The minimum atomic E-state index is -0.745. The zero-order chi connectivity index (χ0) is 29.4. The Morgan fingerprint density at radius 2 is 1.48 bits per heavy atom. The lowest BCUT2D eigenvalue weighted by atomic mass is 9.85. The van der Waals surface area contributed by atoms with Crippen molar-refractivity contribution >= 4 is 23.9 Å². The Hall–Kier alpha value is -3.75. The number of benzene rings is 2. The standard InChI is InChI=1S/C31H37FN2O6/c1-30(2,3)39-28(37)24(20-14-15-33(17-20)29(38)40-31(4,5)6)16-19-10-9-11-21(25(19)32)18-34-26(35)22-12-7-8-13-23(22)27(34)36/h7-13,20,24H,14-18H2,1-6H3/t20-,24-/m0/s1. The number of amides is 3. The molecule has 0 saturated carbocycles. The monoisotopic (exact) mass is 552 g/mol. The average Bonchev–Trinajstić information content (AvgIpc) is 3.42. The van der Waals surface area contributed by atoms with Crippen LogP contribution in [0.15, 0.2) is 42.5 Å². The molecule has 9 heteroatoms. The molecule has 214 valence electrons. The van der Waals surface area contributed by atoms with Crippen molar-refractivity contribution in [1.82, 2.24) is 9.80 Å². The number of fused-ring (bicyclic) bond motifs is 1. The van der Waals surface area contributed by atoms with E-state index >= 15 is 4.39 Å². The number of carbonyl (C=O) groups excluding carboxylic acids is 4. The third kappa shape index (κ3) is 6.51. The number of imide groups is 1. The first-order chi connectivity index (χ1) is 18.6. The third-order valence-corrected chi connectivity index (χ3v) is 6.96. The molecule has 0 bridgehead atoms.